The fraction of sp³-hybridized carbons (Fsp3) is 0.444. The maximum absolute atomic E-state index is 3.78. The molecule has 0 amide bonds. The molecule has 1 heterocycles. The Hall–Kier alpha value is -1.12. The van der Waals surface area contributed by atoms with E-state index >= 15 is 0 Å². The molecule has 1 aromatic heterocycles. The molecule has 0 spiro atoms. The molecule has 1 aromatic carbocycles. The van der Waals surface area contributed by atoms with E-state index in [0.29, 0.717) is 12.0 Å². The minimum Gasteiger partial charge on any atom is -0.309 e. The molecule has 0 saturated heterocycles. The highest BCUT2D eigenvalue weighted by Crippen LogP contribution is 2.44. The van der Waals surface area contributed by atoms with Crippen LogP contribution in [0.5, 0.6) is 0 Å². The maximum Gasteiger partial charge on any atom is 0.0487 e. The van der Waals surface area contributed by atoms with Gasteiger partial charge in [-0.05, 0) is 49.1 Å². The monoisotopic (exact) mass is 285 g/mol. The molecular weight excluding hydrogens is 262 g/mol. The summed E-state index contributed by atoms with van der Waals surface area (Å²) in [6.45, 7) is 5.58. The van der Waals surface area contributed by atoms with Crippen LogP contribution in [-0.4, -0.2) is 6.54 Å². The summed E-state index contributed by atoms with van der Waals surface area (Å²) in [5.41, 5.74) is 3.08. The minimum absolute atomic E-state index is 0.496. The zero-order valence-corrected chi connectivity index (χ0v) is 13.2. The topological polar surface area (TPSA) is 12.0 Å². The normalized spacial score (nSPS) is 18.4. The SMILES string of the molecule is CCCNC(c1ccc(CC)s1)C1Cc2ccccc21. The van der Waals surface area contributed by atoms with E-state index in [0.717, 1.165) is 13.0 Å². The first kappa shape index (κ1) is 13.8. The number of hydrogen-bond acceptors (Lipinski definition) is 2. The molecule has 1 N–H and O–H groups in total. The van der Waals surface area contributed by atoms with Gasteiger partial charge in [-0.2, -0.15) is 0 Å². The van der Waals surface area contributed by atoms with Crippen molar-refractivity contribution in [1.29, 1.82) is 0 Å². The standard InChI is InChI=1S/C18H23NS/c1-3-11-19-18(17-10-9-14(4-2)20-17)16-12-13-7-5-6-8-15(13)16/h5-10,16,18-19H,3-4,11-12H2,1-2H3. The van der Waals surface area contributed by atoms with Crippen LogP contribution >= 0.6 is 11.3 Å². The number of benzene rings is 1. The van der Waals surface area contributed by atoms with Gasteiger partial charge in [0.2, 0.25) is 0 Å². The van der Waals surface area contributed by atoms with E-state index in [1.165, 1.54) is 28.2 Å². The maximum atomic E-state index is 3.78. The first-order valence-electron chi connectivity index (χ1n) is 7.73. The summed E-state index contributed by atoms with van der Waals surface area (Å²) in [6.07, 6.45) is 3.56. The lowest BCUT2D eigenvalue weighted by atomic mass is 9.73. The molecule has 106 valence electrons. The van der Waals surface area contributed by atoms with E-state index in [-0.39, 0.29) is 0 Å². The molecule has 0 aliphatic heterocycles. The Labute approximate surface area is 126 Å². The van der Waals surface area contributed by atoms with Gasteiger partial charge in [0.05, 0.1) is 0 Å². The third-order valence-electron chi connectivity index (χ3n) is 4.25. The quantitative estimate of drug-likeness (QED) is 0.812. The van der Waals surface area contributed by atoms with Crippen LogP contribution in [0.25, 0.3) is 0 Å². The fourth-order valence-electron chi connectivity index (χ4n) is 3.09. The minimum atomic E-state index is 0.496. The predicted octanol–water partition coefficient (Wildman–Crippen LogP) is 4.69. The van der Waals surface area contributed by atoms with Crippen molar-refractivity contribution in [2.24, 2.45) is 0 Å². The van der Waals surface area contributed by atoms with Crippen molar-refractivity contribution < 1.29 is 0 Å². The number of hydrogen-bond donors (Lipinski definition) is 1. The first-order chi connectivity index (χ1) is 9.83. The van der Waals surface area contributed by atoms with E-state index in [1.807, 2.05) is 11.3 Å². The number of rotatable bonds is 6. The van der Waals surface area contributed by atoms with Crippen molar-refractivity contribution in [3.8, 4) is 0 Å². The van der Waals surface area contributed by atoms with Crippen LogP contribution in [0, 0.1) is 0 Å². The summed E-state index contributed by atoms with van der Waals surface area (Å²) >= 11 is 1.98. The van der Waals surface area contributed by atoms with Gasteiger partial charge in [0.1, 0.15) is 0 Å². The molecule has 1 aliphatic rings. The summed E-state index contributed by atoms with van der Waals surface area (Å²) in [4.78, 5) is 3.01. The van der Waals surface area contributed by atoms with Crippen molar-refractivity contribution in [3.05, 3.63) is 57.3 Å². The molecule has 2 unspecified atom stereocenters. The smallest absolute Gasteiger partial charge is 0.0487 e. The van der Waals surface area contributed by atoms with Gasteiger partial charge in [-0.3, -0.25) is 0 Å². The highest BCUT2D eigenvalue weighted by molar-refractivity contribution is 7.12. The lowest BCUT2D eigenvalue weighted by Crippen LogP contribution is -2.33. The van der Waals surface area contributed by atoms with E-state index < -0.39 is 0 Å². The van der Waals surface area contributed by atoms with Crippen LogP contribution in [-0.2, 0) is 12.8 Å². The van der Waals surface area contributed by atoms with E-state index in [1.54, 1.807) is 5.56 Å². The molecule has 0 saturated carbocycles. The van der Waals surface area contributed by atoms with Gasteiger partial charge in [-0.1, -0.05) is 38.1 Å². The van der Waals surface area contributed by atoms with Crippen molar-refractivity contribution >= 4 is 11.3 Å². The van der Waals surface area contributed by atoms with Gasteiger partial charge in [0.25, 0.3) is 0 Å². The number of thiophene rings is 1. The Morgan fingerprint density at radius 3 is 2.75 bits per heavy atom. The van der Waals surface area contributed by atoms with Crippen molar-refractivity contribution in [2.45, 2.75) is 45.1 Å². The average Bonchev–Trinajstić information content (AvgIpc) is 2.92. The fourth-order valence-corrected chi connectivity index (χ4v) is 4.18. The molecule has 1 nitrogen and oxygen atoms in total. The first-order valence-corrected chi connectivity index (χ1v) is 8.55. The Morgan fingerprint density at radius 1 is 1.20 bits per heavy atom. The zero-order chi connectivity index (χ0) is 13.9. The molecule has 20 heavy (non-hydrogen) atoms. The van der Waals surface area contributed by atoms with Gasteiger partial charge in [-0.25, -0.2) is 0 Å². The zero-order valence-electron chi connectivity index (χ0n) is 12.4. The van der Waals surface area contributed by atoms with Gasteiger partial charge in [0, 0.05) is 21.7 Å². The second-order valence-electron chi connectivity index (χ2n) is 5.60. The van der Waals surface area contributed by atoms with E-state index in [4.69, 9.17) is 0 Å². The number of aryl methyl sites for hydroxylation is 1. The van der Waals surface area contributed by atoms with Crippen molar-refractivity contribution in [1.82, 2.24) is 5.32 Å². The number of fused-ring (bicyclic) bond motifs is 1. The Kier molecular flexibility index (Phi) is 4.23. The second-order valence-corrected chi connectivity index (χ2v) is 6.80. The molecule has 3 rings (SSSR count). The highest BCUT2D eigenvalue weighted by atomic mass is 32.1. The summed E-state index contributed by atoms with van der Waals surface area (Å²) in [5.74, 6) is 0.654. The Balaban J connectivity index is 1.84. The summed E-state index contributed by atoms with van der Waals surface area (Å²) in [6, 6.07) is 14.0. The van der Waals surface area contributed by atoms with Crippen molar-refractivity contribution in [2.75, 3.05) is 6.54 Å². The molecule has 2 heteroatoms. The summed E-state index contributed by atoms with van der Waals surface area (Å²) < 4.78 is 0. The average molecular weight is 285 g/mol. The third kappa shape index (κ3) is 2.55. The molecule has 1 aliphatic carbocycles. The lowest BCUT2D eigenvalue weighted by molar-refractivity contribution is 0.417. The number of nitrogens with one attached hydrogen (secondary N) is 1. The molecule has 0 radical (unpaired) electrons. The van der Waals surface area contributed by atoms with Crippen LogP contribution in [0.2, 0.25) is 0 Å². The molecule has 0 fully saturated rings. The van der Waals surface area contributed by atoms with Crippen LogP contribution in [0.3, 0.4) is 0 Å². The molecule has 2 aromatic rings. The van der Waals surface area contributed by atoms with Gasteiger partial charge in [0.15, 0.2) is 0 Å². The summed E-state index contributed by atoms with van der Waals surface area (Å²) in [7, 11) is 0. The lowest BCUT2D eigenvalue weighted by Gasteiger charge is -2.36. The molecular formula is C18H23NS. The molecule has 2 atom stereocenters. The van der Waals surface area contributed by atoms with Gasteiger partial charge < -0.3 is 5.32 Å². The largest absolute Gasteiger partial charge is 0.309 e. The predicted molar refractivity (Wildman–Crippen MR) is 87.6 cm³/mol. The molecule has 0 bridgehead atoms. The second kappa shape index (κ2) is 6.11. The Bertz CT molecular complexity index is 572. The van der Waals surface area contributed by atoms with Gasteiger partial charge in [-0.15, -0.1) is 11.3 Å². The third-order valence-corrected chi connectivity index (χ3v) is 5.56. The van der Waals surface area contributed by atoms with Crippen molar-refractivity contribution in [3.63, 3.8) is 0 Å². The van der Waals surface area contributed by atoms with E-state index in [2.05, 4.69) is 55.6 Å². The van der Waals surface area contributed by atoms with Crippen LogP contribution < -0.4 is 5.32 Å². The van der Waals surface area contributed by atoms with Gasteiger partial charge >= 0.3 is 0 Å². The summed E-state index contributed by atoms with van der Waals surface area (Å²) in [5, 5.41) is 3.78. The van der Waals surface area contributed by atoms with Crippen LogP contribution in [0.1, 0.15) is 53.1 Å². The van der Waals surface area contributed by atoms with Crippen LogP contribution in [0.4, 0.5) is 0 Å². The Morgan fingerprint density at radius 2 is 2.05 bits per heavy atom. The van der Waals surface area contributed by atoms with E-state index in [9.17, 15) is 0 Å². The highest BCUT2D eigenvalue weighted by Gasteiger charge is 2.33. The van der Waals surface area contributed by atoms with Crippen LogP contribution in [0.15, 0.2) is 36.4 Å².